The van der Waals surface area contributed by atoms with Gasteiger partial charge >= 0.3 is 0 Å². The summed E-state index contributed by atoms with van der Waals surface area (Å²) < 4.78 is 1.89. The molecule has 0 aliphatic carbocycles. The van der Waals surface area contributed by atoms with Crippen molar-refractivity contribution in [1.29, 1.82) is 0 Å². The molecule has 0 saturated heterocycles. The van der Waals surface area contributed by atoms with Crippen molar-refractivity contribution in [3.63, 3.8) is 0 Å². The average molecular weight is 347 g/mol. The lowest BCUT2D eigenvalue weighted by molar-refractivity contribution is 0.102. The number of hydrogen-bond acceptors (Lipinski definition) is 2. The van der Waals surface area contributed by atoms with Gasteiger partial charge in [0.25, 0.3) is 5.91 Å². The molecule has 1 N–H and O–H groups in total. The van der Waals surface area contributed by atoms with Crippen LogP contribution in [0.25, 0.3) is 0 Å². The summed E-state index contributed by atoms with van der Waals surface area (Å²) in [6.45, 7) is 8.77. The highest BCUT2D eigenvalue weighted by molar-refractivity contribution is 6.05. The van der Waals surface area contributed by atoms with E-state index in [9.17, 15) is 4.79 Å². The number of nitrogens with zero attached hydrogens (tertiary/aromatic N) is 2. The fourth-order valence-corrected chi connectivity index (χ4v) is 3.10. The second kappa shape index (κ2) is 7.56. The van der Waals surface area contributed by atoms with E-state index in [0.717, 1.165) is 22.6 Å². The minimum Gasteiger partial charge on any atom is -0.322 e. The number of aromatic nitrogens is 2. The molecule has 4 nitrogen and oxygen atoms in total. The molecular weight excluding hydrogens is 322 g/mol. The maximum atomic E-state index is 12.8. The second-order valence-corrected chi connectivity index (χ2v) is 6.92. The molecule has 0 bridgehead atoms. The van der Waals surface area contributed by atoms with Crippen LogP contribution in [0.5, 0.6) is 0 Å². The summed E-state index contributed by atoms with van der Waals surface area (Å²) >= 11 is 0. The zero-order chi connectivity index (χ0) is 18.7. The molecule has 0 aliphatic rings. The van der Waals surface area contributed by atoms with E-state index in [1.165, 1.54) is 5.56 Å². The Hall–Kier alpha value is -2.88. The first-order valence-electron chi connectivity index (χ1n) is 8.95. The molecule has 134 valence electrons. The van der Waals surface area contributed by atoms with Crippen molar-refractivity contribution in [3.8, 4) is 0 Å². The first-order valence-corrected chi connectivity index (χ1v) is 8.95. The molecular formula is C22H25N3O. The van der Waals surface area contributed by atoms with Crippen LogP contribution in [0.15, 0.2) is 54.6 Å². The monoisotopic (exact) mass is 347 g/mol. The highest BCUT2D eigenvalue weighted by Crippen LogP contribution is 2.21. The highest BCUT2D eigenvalue weighted by Gasteiger charge is 2.19. The predicted molar refractivity (Wildman–Crippen MR) is 106 cm³/mol. The third-order valence-corrected chi connectivity index (χ3v) is 4.59. The normalized spacial score (nSPS) is 11.0. The van der Waals surface area contributed by atoms with Crippen LogP contribution in [-0.4, -0.2) is 15.7 Å². The fraction of sp³-hybridized carbons (Fsp3) is 0.273. The van der Waals surface area contributed by atoms with Gasteiger partial charge < -0.3 is 5.32 Å². The Labute approximate surface area is 154 Å². The molecule has 0 fully saturated rings. The third kappa shape index (κ3) is 3.85. The van der Waals surface area contributed by atoms with Gasteiger partial charge in [0.2, 0.25) is 0 Å². The first-order chi connectivity index (χ1) is 12.5. The van der Waals surface area contributed by atoms with Crippen LogP contribution in [0.3, 0.4) is 0 Å². The summed E-state index contributed by atoms with van der Waals surface area (Å²) in [4.78, 5) is 12.8. The molecule has 4 heteroatoms. The number of benzene rings is 2. The molecule has 0 spiro atoms. The van der Waals surface area contributed by atoms with Crippen LogP contribution in [0.2, 0.25) is 0 Å². The van der Waals surface area contributed by atoms with E-state index in [2.05, 4.69) is 42.5 Å². The van der Waals surface area contributed by atoms with E-state index in [1.807, 2.05) is 54.9 Å². The predicted octanol–water partition coefficient (Wildman–Crippen LogP) is 4.92. The Balaban J connectivity index is 1.83. The van der Waals surface area contributed by atoms with Gasteiger partial charge in [-0.2, -0.15) is 5.10 Å². The van der Waals surface area contributed by atoms with Crippen molar-refractivity contribution in [2.45, 2.75) is 40.2 Å². The fourth-order valence-electron chi connectivity index (χ4n) is 3.10. The third-order valence-electron chi connectivity index (χ3n) is 4.59. The van der Waals surface area contributed by atoms with E-state index in [-0.39, 0.29) is 5.91 Å². The van der Waals surface area contributed by atoms with Crippen molar-refractivity contribution in [1.82, 2.24) is 9.78 Å². The van der Waals surface area contributed by atoms with Crippen LogP contribution < -0.4 is 5.32 Å². The molecule has 0 aliphatic heterocycles. The zero-order valence-corrected chi connectivity index (χ0v) is 15.8. The number of amides is 1. The van der Waals surface area contributed by atoms with E-state index in [1.54, 1.807) is 0 Å². The number of aryl methyl sites for hydroxylation is 1. The standard InChI is InChI=1S/C22H25N3O/c1-15(2)19-11-8-12-20(13-19)23-22(26)21-16(3)24-25(17(21)4)14-18-9-6-5-7-10-18/h5-13,15H,14H2,1-4H3,(H,23,26). The van der Waals surface area contributed by atoms with Crippen LogP contribution >= 0.6 is 0 Å². The molecule has 26 heavy (non-hydrogen) atoms. The van der Waals surface area contributed by atoms with Gasteiger partial charge in [-0.1, -0.05) is 56.3 Å². The van der Waals surface area contributed by atoms with Crippen LogP contribution in [0, 0.1) is 13.8 Å². The maximum absolute atomic E-state index is 12.8. The number of rotatable bonds is 5. The summed E-state index contributed by atoms with van der Waals surface area (Å²) in [6.07, 6.45) is 0. The minimum atomic E-state index is -0.111. The SMILES string of the molecule is Cc1nn(Cc2ccccc2)c(C)c1C(=O)Nc1cccc(C(C)C)c1. The Bertz CT molecular complexity index is 910. The number of carbonyl (C=O) groups excluding carboxylic acids is 1. The maximum Gasteiger partial charge on any atom is 0.259 e. The van der Waals surface area contributed by atoms with Gasteiger partial charge in [-0.3, -0.25) is 9.48 Å². The van der Waals surface area contributed by atoms with Gasteiger partial charge in [0.1, 0.15) is 0 Å². The molecule has 1 amide bonds. The van der Waals surface area contributed by atoms with E-state index in [0.29, 0.717) is 18.0 Å². The quantitative estimate of drug-likeness (QED) is 0.712. The Morgan fingerprint density at radius 2 is 1.81 bits per heavy atom. The van der Waals surface area contributed by atoms with E-state index in [4.69, 9.17) is 0 Å². The van der Waals surface area contributed by atoms with Gasteiger partial charge in [0.05, 0.1) is 17.8 Å². The van der Waals surface area contributed by atoms with Gasteiger partial charge in [-0.25, -0.2) is 0 Å². The van der Waals surface area contributed by atoms with Crippen molar-refractivity contribution >= 4 is 11.6 Å². The summed E-state index contributed by atoms with van der Waals surface area (Å²) in [5.41, 5.74) is 5.46. The van der Waals surface area contributed by atoms with Crippen LogP contribution in [-0.2, 0) is 6.54 Å². The Morgan fingerprint density at radius 1 is 1.08 bits per heavy atom. The molecule has 0 saturated carbocycles. The van der Waals surface area contributed by atoms with Crippen LogP contribution in [0.1, 0.15) is 52.6 Å². The Kier molecular flexibility index (Phi) is 5.21. The largest absolute Gasteiger partial charge is 0.322 e. The summed E-state index contributed by atoms with van der Waals surface area (Å²) in [5, 5.41) is 7.59. The molecule has 0 atom stereocenters. The second-order valence-electron chi connectivity index (χ2n) is 6.92. The first kappa shape index (κ1) is 17.9. The summed E-state index contributed by atoms with van der Waals surface area (Å²) in [5.74, 6) is 0.309. The van der Waals surface area contributed by atoms with Crippen molar-refractivity contribution in [2.24, 2.45) is 0 Å². The molecule has 3 aromatic rings. The zero-order valence-electron chi connectivity index (χ0n) is 15.8. The van der Waals surface area contributed by atoms with Crippen LogP contribution in [0.4, 0.5) is 5.69 Å². The molecule has 0 unspecified atom stereocenters. The number of anilines is 1. The molecule has 2 aromatic carbocycles. The van der Waals surface area contributed by atoms with Crippen molar-refractivity contribution in [3.05, 3.63) is 82.7 Å². The molecule has 1 aromatic heterocycles. The number of carbonyl (C=O) groups is 1. The lowest BCUT2D eigenvalue weighted by Crippen LogP contribution is -2.14. The molecule has 1 heterocycles. The number of nitrogens with one attached hydrogen (secondary N) is 1. The average Bonchev–Trinajstić information content (AvgIpc) is 2.89. The van der Waals surface area contributed by atoms with Crippen molar-refractivity contribution < 1.29 is 4.79 Å². The summed E-state index contributed by atoms with van der Waals surface area (Å²) in [7, 11) is 0. The lowest BCUT2D eigenvalue weighted by atomic mass is 10.0. The highest BCUT2D eigenvalue weighted by atomic mass is 16.1. The topological polar surface area (TPSA) is 46.9 Å². The smallest absolute Gasteiger partial charge is 0.259 e. The van der Waals surface area contributed by atoms with Crippen molar-refractivity contribution in [2.75, 3.05) is 5.32 Å². The van der Waals surface area contributed by atoms with Gasteiger partial charge in [-0.15, -0.1) is 0 Å². The van der Waals surface area contributed by atoms with Gasteiger partial charge in [0.15, 0.2) is 0 Å². The van der Waals surface area contributed by atoms with Gasteiger partial charge in [-0.05, 0) is 43.0 Å². The Morgan fingerprint density at radius 3 is 2.50 bits per heavy atom. The summed E-state index contributed by atoms with van der Waals surface area (Å²) in [6, 6.07) is 18.1. The van der Waals surface area contributed by atoms with Gasteiger partial charge in [0, 0.05) is 11.4 Å². The molecule has 3 rings (SSSR count). The minimum absolute atomic E-state index is 0.111. The van der Waals surface area contributed by atoms with E-state index < -0.39 is 0 Å². The molecule has 0 radical (unpaired) electrons. The lowest BCUT2D eigenvalue weighted by Gasteiger charge is -2.10. The van der Waals surface area contributed by atoms with E-state index >= 15 is 0 Å². The number of hydrogen-bond donors (Lipinski definition) is 1.